The van der Waals surface area contributed by atoms with Gasteiger partial charge in [-0.1, -0.05) is 13.0 Å². The molecule has 0 saturated carbocycles. The van der Waals surface area contributed by atoms with Crippen LogP contribution in [0.25, 0.3) is 0 Å². The van der Waals surface area contributed by atoms with Crippen molar-refractivity contribution >= 4 is 12.6 Å². The summed E-state index contributed by atoms with van der Waals surface area (Å²) in [5, 5.41) is 8.82. The molecule has 1 unspecified atom stereocenters. The third-order valence-electron chi connectivity index (χ3n) is 2.81. The van der Waals surface area contributed by atoms with Gasteiger partial charge in [0.1, 0.15) is 5.75 Å². The molecule has 92 valence electrons. The first-order valence-corrected chi connectivity index (χ1v) is 6.55. The van der Waals surface area contributed by atoms with Gasteiger partial charge in [0.15, 0.2) is 0 Å². The lowest BCUT2D eigenvalue weighted by Gasteiger charge is -2.12. The van der Waals surface area contributed by atoms with Crippen LogP contribution in [0.1, 0.15) is 30.9 Å². The topological polar surface area (TPSA) is 33.0 Å². The Bertz CT molecular complexity index is 398. The van der Waals surface area contributed by atoms with Gasteiger partial charge < -0.3 is 4.74 Å². The summed E-state index contributed by atoms with van der Waals surface area (Å²) in [7, 11) is 0. The number of ether oxygens (including phenoxy) is 1. The molecule has 0 aliphatic rings. The second-order valence-corrected chi connectivity index (χ2v) is 4.79. The lowest BCUT2D eigenvalue weighted by atomic mass is 10.1. The van der Waals surface area contributed by atoms with Crippen LogP contribution in [-0.2, 0) is 0 Å². The summed E-state index contributed by atoms with van der Waals surface area (Å²) in [6.45, 7) is 4.90. The van der Waals surface area contributed by atoms with E-state index in [9.17, 15) is 0 Å². The molecule has 0 aliphatic carbocycles. The van der Waals surface area contributed by atoms with Gasteiger partial charge in [0.2, 0.25) is 0 Å². The second kappa shape index (κ2) is 7.24. The smallest absolute Gasteiger partial charge is 0.123 e. The van der Waals surface area contributed by atoms with E-state index in [0.717, 1.165) is 29.9 Å². The van der Waals surface area contributed by atoms with Crippen LogP contribution < -0.4 is 4.74 Å². The molecule has 3 heteroatoms. The van der Waals surface area contributed by atoms with E-state index in [1.807, 2.05) is 19.1 Å². The lowest BCUT2D eigenvalue weighted by Crippen LogP contribution is -2.05. The van der Waals surface area contributed by atoms with Crippen LogP contribution in [0.5, 0.6) is 5.75 Å². The Labute approximate surface area is 109 Å². The van der Waals surface area contributed by atoms with Crippen molar-refractivity contribution in [3.05, 3.63) is 29.3 Å². The molecule has 1 aromatic rings. The predicted octanol–water partition coefficient (Wildman–Crippen LogP) is 3.59. The standard InChI is InChI=1S/C14H19NOS/c1-11(6-8-17)5-7-16-14-9-13(10-15)4-3-12(14)2/h3-4,9,11,17H,5-8H2,1-2H3. The van der Waals surface area contributed by atoms with Crippen LogP contribution in [0.15, 0.2) is 18.2 Å². The molecule has 2 nitrogen and oxygen atoms in total. The largest absolute Gasteiger partial charge is 0.493 e. The minimum atomic E-state index is 0.631. The SMILES string of the molecule is Cc1ccc(C#N)cc1OCCC(C)CCS. The normalized spacial score (nSPS) is 11.9. The molecule has 0 heterocycles. The third-order valence-corrected chi connectivity index (χ3v) is 3.07. The first-order chi connectivity index (χ1) is 8.17. The maximum Gasteiger partial charge on any atom is 0.123 e. The van der Waals surface area contributed by atoms with Crippen molar-refractivity contribution in [2.75, 3.05) is 12.4 Å². The molecular formula is C14H19NOS. The van der Waals surface area contributed by atoms with Gasteiger partial charge in [0.25, 0.3) is 0 Å². The zero-order chi connectivity index (χ0) is 12.7. The molecule has 0 spiro atoms. The quantitative estimate of drug-likeness (QED) is 0.781. The third kappa shape index (κ3) is 4.70. The fourth-order valence-corrected chi connectivity index (χ4v) is 2.00. The Kier molecular flexibility index (Phi) is 5.93. The molecule has 1 atom stereocenters. The number of nitriles is 1. The first-order valence-electron chi connectivity index (χ1n) is 5.91. The van der Waals surface area contributed by atoms with Gasteiger partial charge in [0.05, 0.1) is 18.2 Å². The molecule has 1 rings (SSSR count). The van der Waals surface area contributed by atoms with E-state index >= 15 is 0 Å². The molecule has 0 aliphatic heterocycles. The summed E-state index contributed by atoms with van der Waals surface area (Å²) >= 11 is 4.22. The first kappa shape index (κ1) is 13.9. The van der Waals surface area contributed by atoms with E-state index in [0.29, 0.717) is 18.1 Å². The van der Waals surface area contributed by atoms with Gasteiger partial charge in [-0.15, -0.1) is 0 Å². The van der Waals surface area contributed by atoms with Gasteiger partial charge in [-0.3, -0.25) is 0 Å². The number of rotatable bonds is 6. The predicted molar refractivity (Wildman–Crippen MR) is 73.6 cm³/mol. The maximum absolute atomic E-state index is 8.82. The molecule has 0 radical (unpaired) electrons. The van der Waals surface area contributed by atoms with Crippen LogP contribution >= 0.6 is 12.6 Å². The van der Waals surface area contributed by atoms with Gasteiger partial charge in [-0.2, -0.15) is 17.9 Å². The Balaban J connectivity index is 2.49. The summed E-state index contributed by atoms with van der Waals surface area (Å²) in [6, 6.07) is 7.66. The average molecular weight is 249 g/mol. The lowest BCUT2D eigenvalue weighted by molar-refractivity contribution is 0.280. The minimum absolute atomic E-state index is 0.631. The molecule has 0 amide bonds. The highest BCUT2D eigenvalue weighted by atomic mass is 32.1. The average Bonchev–Trinajstić information content (AvgIpc) is 2.32. The van der Waals surface area contributed by atoms with E-state index in [-0.39, 0.29) is 0 Å². The number of thiol groups is 1. The molecule has 17 heavy (non-hydrogen) atoms. The van der Waals surface area contributed by atoms with Crippen molar-refractivity contribution in [1.29, 1.82) is 5.26 Å². The maximum atomic E-state index is 8.82. The van der Waals surface area contributed by atoms with E-state index in [4.69, 9.17) is 10.00 Å². The molecular weight excluding hydrogens is 230 g/mol. The van der Waals surface area contributed by atoms with E-state index in [2.05, 4.69) is 25.6 Å². The highest BCUT2D eigenvalue weighted by molar-refractivity contribution is 7.80. The Morgan fingerprint density at radius 2 is 2.18 bits per heavy atom. The Hall–Kier alpha value is -1.14. The zero-order valence-electron chi connectivity index (χ0n) is 10.4. The molecule has 0 fully saturated rings. The summed E-state index contributed by atoms with van der Waals surface area (Å²) < 4.78 is 5.72. The van der Waals surface area contributed by atoms with Crippen molar-refractivity contribution in [2.24, 2.45) is 5.92 Å². The van der Waals surface area contributed by atoms with Crippen LogP contribution in [0.3, 0.4) is 0 Å². The Morgan fingerprint density at radius 1 is 1.41 bits per heavy atom. The van der Waals surface area contributed by atoms with Gasteiger partial charge in [-0.05, 0) is 49.1 Å². The van der Waals surface area contributed by atoms with Crippen LogP contribution in [0.2, 0.25) is 0 Å². The summed E-state index contributed by atoms with van der Waals surface area (Å²) in [6.07, 6.45) is 2.14. The van der Waals surface area contributed by atoms with Crippen LogP contribution in [-0.4, -0.2) is 12.4 Å². The van der Waals surface area contributed by atoms with Crippen molar-refractivity contribution < 1.29 is 4.74 Å². The van der Waals surface area contributed by atoms with Crippen molar-refractivity contribution in [2.45, 2.75) is 26.7 Å². The second-order valence-electron chi connectivity index (χ2n) is 4.35. The molecule has 0 N–H and O–H groups in total. The van der Waals surface area contributed by atoms with Crippen LogP contribution in [0, 0.1) is 24.2 Å². The molecule has 1 aromatic carbocycles. The van der Waals surface area contributed by atoms with Crippen molar-refractivity contribution in [3.8, 4) is 11.8 Å². The monoisotopic (exact) mass is 249 g/mol. The van der Waals surface area contributed by atoms with Crippen LogP contribution in [0.4, 0.5) is 0 Å². The molecule has 0 bridgehead atoms. The van der Waals surface area contributed by atoms with E-state index in [1.165, 1.54) is 0 Å². The highest BCUT2D eigenvalue weighted by Crippen LogP contribution is 2.20. The zero-order valence-corrected chi connectivity index (χ0v) is 11.3. The van der Waals surface area contributed by atoms with Gasteiger partial charge in [-0.25, -0.2) is 0 Å². The highest BCUT2D eigenvalue weighted by Gasteiger charge is 2.04. The Morgan fingerprint density at radius 3 is 2.82 bits per heavy atom. The number of aryl methyl sites for hydroxylation is 1. The number of nitrogens with zero attached hydrogens (tertiary/aromatic N) is 1. The van der Waals surface area contributed by atoms with Crippen molar-refractivity contribution in [3.63, 3.8) is 0 Å². The summed E-state index contributed by atoms with van der Waals surface area (Å²) in [5.41, 5.74) is 1.72. The minimum Gasteiger partial charge on any atom is -0.493 e. The van der Waals surface area contributed by atoms with E-state index < -0.39 is 0 Å². The molecule has 0 aromatic heterocycles. The fourth-order valence-electron chi connectivity index (χ4n) is 1.56. The summed E-state index contributed by atoms with van der Waals surface area (Å²) in [4.78, 5) is 0. The molecule has 0 saturated heterocycles. The van der Waals surface area contributed by atoms with Gasteiger partial charge in [0, 0.05) is 0 Å². The fraction of sp³-hybridized carbons (Fsp3) is 0.500. The number of benzene rings is 1. The van der Waals surface area contributed by atoms with Crippen molar-refractivity contribution in [1.82, 2.24) is 0 Å². The summed E-state index contributed by atoms with van der Waals surface area (Å²) in [5.74, 6) is 2.37. The van der Waals surface area contributed by atoms with E-state index in [1.54, 1.807) is 6.07 Å². The van der Waals surface area contributed by atoms with Gasteiger partial charge >= 0.3 is 0 Å². The number of hydrogen-bond donors (Lipinski definition) is 1. The number of hydrogen-bond acceptors (Lipinski definition) is 3.